The molecule has 0 aliphatic heterocycles. The molecule has 1 fully saturated rings. The van der Waals surface area contributed by atoms with Gasteiger partial charge in [0.05, 0.1) is 6.61 Å². The minimum absolute atomic E-state index is 0.271. The molecular weight excluding hydrogens is 246 g/mol. The van der Waals surface area contributed by atoms with E-state index in [1.54, 1.807) is 0 Å². The molecule has 0 spiro atoms. The van der Waals surface area contributed by atoms with E-state index in [-0.39, 0.29) is 6.04 Å². The molecular formula is C18H29NO. The highest BCUT2D eigenvalue weighted by Crippen LogP contribution is 2.38. The zero-order chi connectivity index (χ0) is 14.4. The summed E-state index contributed by atoms with van der Waals surface area (Å²) >= 11 is 0. The second-order valence-electron chi connectivity index (χ2n) is 6.01. The fourth-order valence-corrected chi connectivity index (χ4v) is 3.19. The molecule has 112 valence electrons. The van der Waals surface area contributed by atoms with Gasteiger partial charge in [-0.2, -0.15) is 0 Å². The molecule has 1 aromatic rings. The van der Waals surface area contributed by atoms with Gasteiger partial charge in [-0.05, 0) is 55.7 Å². The van der Waals surface area contributed by atoms with Crippen LogP contribution in [0.1, 0.15) is 69.4 Å². The van der Waals surface area contributed by atoms with E-state index in [2.05, 4.69) is 32.0 Å². The zero-order valence-corrected chi connectivity index (χ0v) is 13.0. The third-order valence-corrected chi connectivity index (χ3v) is 4.44. The molecule has 1 atom stereocenters. The summed E-state index contributed by atoms with van der Waals surface area (Å²) in [6, 6.07) is 6.97. The normalized spacial score (nSPS) is 17.9. The Morgan fingerprint density at radius 2 is 1.95 bits per heavy atom. The van der Waals surface area contributed by atoms with Crippen molar-refractivity contribution < 1.29 is 4.74 Å². The molecule has 2 rings (SSSR count). The van der Waals surface area contributed by atoms with Gasteiger partial charge in [-0.15, -0.1) is 0 Å². The van der Waals surface area contributed by atoms with Crippen LogP contribution in [0.25, 0.3) is 0 Å². The van der Waals surface area contributed by atoms with Gasteiger partial charge >= 0.3 is 0 Å². The van der Waals surface area contributed by atoms with E-state index in [9.17, 15) is 0 Å². The minimum atomic E-state index is 0.271. The lowest BCUT2D eigenvalue weighted by molar-refractivity contribution is 0.328. The van der Waals surface area contributed by atoms with Crippen LogP contribution >= 0.6 is 0 Å². The van der Waals surface area contributed by atoms with Crippen LogP contribution in [0.15, 0.2) is 18.2 Å². The van der Waals surface area contributed by atoms with Gasteiger partial charge in [-0.1, -0.05) is 38.3 Å². The first-order valence-corrected chi connectivity index (χ1v) is 8.25. The number of rotatable bonds is 6. The Kier molecular flexibility index (Phi) is 5.90. The van der Waals surface area contributed by atoms with Gasteiger partial charge in [0, 0.05) is 6.04 Å². The molecule has 0 heterocycles. The monoisotopic (exact) mass is 275 g/mol. The van der Waals surface area contributed by atoms with Gasteiger partial charge in [0.1, 0.15) is 5.75 Å². The van der Waals surface area contributed by atoms with Gasteiger partial charge in [0.2, 0.25) is 0 Å². The summed E-state index contributed by atoms with van der Waals surface area (Å²) in [5, 5.41) is 0. The lowest BCUT2D eigenvalue weighted by Gasteiger charge is -2.25. The second kappa shape index (κ2) is 7.68. The van der Waals surface area contributed by atoms with Crippen molar-refractivity contribution in [3.05, 3.63) is 29.3 Å². The van der Waals surface area contributed by atoms with E-state index < -0.39 is 0 Å². The van der Waals surface area contributed by atoms with Gasteiger partial charge < -0.3 is 10.5 Å². The largest absolute Gasteiger partial charge is 0.494 e. The molecule has 2 heteroatoms. The Labute approximate surface area is 123 Å². The highest BCUT2D eigenvalue weighted by Gasteiger charge is 2.20. The van der Waals surface area contributed by atoms with Crippen LogP contribution in [0.2, 0.25) is 0 Å². The Hall–Kier alpha value is -1.02. The van der Waals surface area contributed by atoms with Crippen LogP contribution in [0.4, 0.5) is 0 Å². The van der Waals surface area contributed by atoms with E-state index in [0.29, 0.717) is 5.92 Å². The van der Waals surface area contributed by atoms with Gasteiger partial charge in [0.15, 0.2) is 0 Å². The van der Waals surface area contributed by atoms with Crippen molar-refractivity contribution in [3.63, 3.8) is 0 Å². The number of hydrogen-bond donors (Lipinski definition) is 1. The maximum absolute atomic E-state index is 6.10. The number of nitrogens with two attached hydrogens (primary N) is 1. The number of benzene rings is 1. The standard InChI is InChI=1S/C18H29NO/c1-3-16(19)12-14-10-11-18(20-4-2)17(13-14)15-8-6-5-7-9-15/h10-11,13,15-16H,3-9,12,19H2,1-2H3. The maximum atomic E-state index is 6.10. The molecule has 20 heavy (non-hydrogen) atoms. The van der Waals surface area contributed by atoms with Crippen molar-refractivity contribution in [2.24, 2.45) is 5.73 Å². The summed E-state index contributed by atoms with van der Waals surface area (Å²) < 4.78 is 5.85. The van der Waals surface area contributed by atoms with Gasteiger partial charge in [0.25, 0.3) is 0 Å². The third-order valence-electron chi connectivity index (χ3n) is 4.44. The average molecular weight is 275 g/mol. The maximum Gasteiger partial charge on any atom is 0.122 e. The Bertz CT molecular complexity index is 410. The van der Waals surface area contributed by atoms with Crippen LogP contribution in [-0.4, -0.2) is 12.6 Å². The molecule has 0 radical (unpaired) electrons. The van der Waals surface area contributed by atoms with Crippen molar-refractivity contribution >= 4 is 0 Å². The summed E-state index contributed by atoms with van der Waals surface area (Å²) in [5.74, 6) is 1.77. The number of hydrogen-bond acceptors (Lipinski definition) is 2. The first-order valence-electron chi connectivity index (χ1n) is 8.25. The van der Waals surface area contributed by atoms with Crippen LogP contribution in [0.5, 0.6) is 5.75 Å². The molecule has 2 N–H and O–H groups in total. The van der Waals surface area contributed by atoms with Crippen molar-refractivity contribution in [1.82, 2.24) is 0 Å². The summed E-state index contributed by atoms with van der Waals surface area (Å²) in [6.45, 7) is 4.96. The van der Waals surface area contributed by atoms with Gasteiger partial charge in [-0.3, -0.25) is 0 Å². The first-order chi connectivity index (χ1) is 9.74. The Balaban J connectivity index is 2.21. The fraction of sp³-hybridized carbons (Fsp3) is 0.667. The topological polar surface area (TPSA) is 35.2 Å². The van der Waals surface area contributed by atoms with E-state index in [4.69, 9.17) is 10.5 Å². The molecule has 0 aromatic heterocycles. The smallest absolute Gasteiger partial charge is 0.122 e. The van der Waals surface area contributed by atoms with Crippen LogP contribution in [0.3, 0.4) is 0 Å². The zero-order valence-electron chi connectivity index (χ0n) is 13.0. The highest BCUT2D eigenvalue weighted by atomic mass is 16.5. The van der Waals surface area contributed by atoms with Crippen LogP contribution in [0, 0.1) is 0 Å². The minimum Gasteiger partial charge on any atom is -0.494 e. The van der Waals surface area contributed by atoms with E-state index >= 15 is 0 Å². The van der Waals surface area contributed by atoms with E-state index in [1.165, 1.54) is 43.2 Å². The molecule has 0 bridgehead atoms. The molecule has 1 unspecified atom stereocenters. The molecule has 1 aliphatic carbocycles. The van der Waals surface area contributed by atoms with Crippen molar-refractivity contribution in [3.8, 4) is 5.75 Å². The summed E-state index contributed by atoms with van der Waals surface area (Å²) in [6.07, 6.45) is 8.73. The van der Waals surface area contributed by atoms with E-state index in [0.717, 1.165) is 25.2 Å². The number of ether oxygens (including phenoxy) is 1. The van der Waals surface area contributed by atoms with Crippen LogP contribution in [-0.2, 0) is 6.42 Å². The van der Waals surface area contributed by atoms with Crippen molar-refractivity contribution in [2.75, 3.05) is 6.61 Å². The van der Waals surface area contributed by atoms with Crippen molar-refractivity contribution in [1.29, 1.82) is 0 Å². The summed E-state index contributed by atoms with van der Waals surface area (Å²) in [7, 11) is 0. The molecule has 0 saturated heterocycles. The Morgan fingerprint density at radius 3 is 2.60 bits per heavy atom. The highest BCUT2D eigenvalue weighted by molar-refractivity contribution is 5.40. The molecule has 1 saturated carbocycles. The quantitative estimate of drug-likeness (QED) is 0.834. The SMILES string of the molecule is CCOc1ccc(CC(N)CC)cc1C1CCCCC1. The molecule has 2 nitrogen and oxygen atoms in total. The van der Waals surface area contributed by atoms with E-state index in [1.807, 2.05) is 0 Å². The average Bonchev–Trinajstić information content (AvgIpc) is 2.50. The second-order valence-corrected chi connectivity index (χ2v) is 6.01. The summed E-state index contributed by atoms with van der Waals surface area (Å²) in [4.78, 5) is 0. The summed E-state index contributed by atoms with van der Waals surface area (Å²) in [5.41, 5.74) is 8.89. The predicted molar refractivity (Wildman–Crippen MR) is 85.4 cm³/mol. The lowest BCUT2D eigenvalue weighted by atomic mass is 9.82. The van der Waals surface area contributed by atoms with Crippen LogP contribution < -0.4 is 10.5 Å². The predicted octanol–water partition coefficient (Wildman–Crippen LogP) is 4.41. The molecule has 1 aromatic carbocycles. The third kappa shape index (κ3) is 3.99. The molecule has 1 aliphatic rings. The van der Waals surface area contributed by atoms with Crippen molar-refractivity contribution in [2.45, 2.75) is 70.8 Å². The lowest BCUT2D eigenvalue weighted by Crippen LogP contribution is -2.21. The Morgan fingerprint density at radius 1 is 1.20 bits per heavy atom. The van der Waals surface area contributed by atoms with Gasteiger partial charge in [-0.25, -0.2) is 0 Å². The first kappa shape index (κ1) is 15.4. The molecule has 0 amide bonds. The fourth-order valence-electron chi connectivity index (χ4n) is 3.19.